The second-order valence-corrected chi connectivity index (χ2v) is 5.13. The van der Waals surface area contributed by atoms with Crippen LogP contribution in [-0.2, 0) is 28.7 Å². The number of aliphatic carboxylic acids is 4. The molecule has 0 unspecified atom stereocenters. The predicted octanol–water partition coefficient (Wildman–Crippen LogP) is -8.14. The van der Waals surface area contributed by atoms with Gasteiger partial charge >= 0.3 is 46.1 Å². The number of carbonyl (C=O) groups is 4. The molecule has 0 spiro atoms. The summed E-state index contributed by atoms with van der Waals surface area (Å²) in [5, 5.41) is 41.9. The molecule has 0 N–H and O–H groups in total. The first-order valence-electron chi connectivity index (χ1n) is 7.60. The third kappa shape index (κ3) is 21.6. The Balaban J connectivity index is -0.00000312. The second-order valence-electron chi connectivity index (χ2n) is 5.13. The van der Waals surface area contributed by atoms with Crippen LogP contribution in [0.5, 0.6) is 0 Å². The molecule has 0 fully saturated rings. The minimum Gasteiger partial charge on any atom is -0.549 e. The molecule has 0 rings (SSSR count). The van der Waals surface area contributed by atoms with Crippen LogP contribution >= 0.6 is 0 Å². The molecule has 0 heterocycles. The first kappa shape index (κ1) is 31.9. The summed E-state index contributed by atoms with van der Waals surface area (Å²) in [7, 11) is 0. The molecule has 0 atom stereocenters. The topological polar surface area (TPSA) is 185 Å². The molecule has 0 saturated heterocycles. The molecule has 14 heteroatoms. The summed E-state index contributed by atoms with van der Waals surface area (Å²) in [6.07, 6.45) is 0. The fourth-order valence-electron chi connectivity index (χ4n) is 1.87. The first-order chi connectivity index (χ1) is 12.2. The number of hydrogen-bond donors (Lipinski definition) is 0. The van der Waals surface area contributed by atoms with Gasteiger partial charge in [-0.15, -0.1) is 0 Å². The van der Waals surface area contributed by atoms with Crippen LogP contribution < -0.4 is 20.4 Å². The van der Waals surface area contributed by atoms with Crippen LogP contribution in [0, 0.1) is 0 Å². The van der Waals surface area contributed by atoms with Crippen molar-refractivity contribution < 1.29 is 49.1 Å². The molecule has 150 valence electrons. The first-order valence-corrected chi connectivity index (χ1v) is 7.60. The maximum absolute atomic E-state index is 10.5. The van der Waals surface area contributed by atoms with Crippen LogP contribution in [0.15, 0.2) is 0 Å². The fraction of sp³-hybridized carbons (Fsp3) is 0.714. The quantitative estimate of drug-likeness (QED) is 0.159. The SMILES string of the molecule is O=C([O-])CN(CCOCCOCCN(CC(=O)[O-])CC(=O)[O-])CC(=O)[O-].[Mg+2].[Mg+2]. The van der Waals surface area contributed by atoms with Crippen molar-refractivity contribution in [3.63, 3.8) is 0 Å². The van der Waals surface area contributed by atoms with Gasteiger partial charge in [-0.1, -0.05) is 0 Å². The van der Waals surface area contributed by atoms with Crippen LogP contribution in [0.3, 0.4) is 0 Å². The van der Waals surface area contributed by atoms with Crippen LogP contribution in [-0.4, -0.2) is 145 Å². The molecule has 0 aliphatic carbocycles. The molecular weight excluding hydrogens is 405 g/mol. The Hall–Kier alpha value is -0.748. The van der Waals surface area contributed by atoms with Crippen molar-refractivity contribution in [3.8, 4) is 0 Å². The minimum atomic E-state index is -1.42. The maximum atomic E-state index is 10.5. The Labute approximate surface area is 194 Å². The van der Waals surface area contributed by atoms with E-state index >= 15 is 0 Å². The average Bonchev–Trinajstić information content (AvgIpc) is 2.47. The maximum Gasteiger partial charge on any atom is 2.00 e. The van der Waals surface area contributed by atoms with E-state index in [1.54, 1.807) is 0 Å². The second kappa shape index (κ2) is 19.6. The van der Waals surface area contributed by atoms with E-state index in [9.17, 15) is 39.6 Å². The Bertz CT molecular complexity index is 407. The van der Waals surface area contributed by atoms with Gasteiger partial charge in [0.1, 0.15) is 0 Å². The van der Waals surface area contributed by atoms with E-state index in [-0.39, 0.29) is 85.6 Å². The van der Waals surface area contributed by atoms with Gasteiger partial charge < -0.3 is 49.1 Å². The van der Waals surface area contributed by atoms with Gasteiger partial charge in [-0.3, -0.25) is 9.80 Å². The van der Waals surface area contributed by atoms with Gasteiger partial charge in [0.15, 0.2) is 0 Å². The number of carbonyl (C=O) groups excluding carboxylic acids is 4. The molecule has 0 amide bonds. The smallest absolute Gasteiger partial charge is 0.549 e. The van der Waals surface area contributed by atoms with E-state index in [1.165, 1.54) is 0 Å². The molecule has 0 saturated carbocycles. The third-order valence-electron chi connectivity index (χ3n) is 2.89. The molecule has 28 heavy (non-hydrogen) atoms. The van der Waals surface area contributed by atoms with Crippen molar-refractivity contribution >= 4 is 70.0 Å². The number of hydrogen-bond acceptors (Lipinski definition) is 12. The summed E-state index contributed by atoms with van der Waals surface area (Å²) in [6.45, 7) is -1.88. The number of ether oxygens (including phenoxy) is 2. The van der Waals surface area contributed by atoms with Crippen molar-refractivity contribution in [1.82, 2.24) is 9.80 Å². The van der Waals surface area contributed by atoms with Gasteiger partial charge in [-0.25, -0.2) is 0 Å². The van der Waals surface area contributed by atoms with Gasteiger partial charge in [0.05, 0.1) is 50.3 Å². The van der Waals surface area contributed by atoms with Crippen LogP contribution in [0.4, 0.5) is 0 Å². The summed E-state index contributed by atoms with van der Waals surface area (Å²) in [6, 6.07) is 0. The molecule has 0 aromatic heterocycles. The normalized spacial score (nSPS) is 10.2. The molecule has 0 bridgehead atoms. The number of rotatable bonds is 17. The van der Waals surface area contributed by atoms with Gasteiger partial charge in [0, 0.05) is 39.3 Å². The Kier molecular flexibility index (Phi) is 22.3. The zero-order chi connectivity index (χ0) is 19.9. The summed E-state index contributed by atoms with van der Waals surface area (Å²) in [4.78, 5) is 44.0. The molecule has 0 aromatic carbocycles. The van der Waals surface area contributed by atoms with Crippen molar-refractivity contribution in [1.29, 1.82) is 0 Å². The van der Waals surface area contributed by atoms with Crippen LogP contribution in [0.2, 0.25) is 0 Å². The van der Waals surface area contributed by atoms with Gasteiger partial charge in [0.25, 0.3) is 0 Å². The summed E-state index contributed by atoms with van der Waals surface area (Å²) in [5.41, 5.74) is 0. The third-order valence-corrected chi connectivity index (χ3v) is 2.89. The van der Waals surface area contributed by atoms with E-state index in [1.807, 2.05) is 0 Å². The Morgan fingerprint density at radius 1 is 0.536 bits per heavy atom. The summed E-state index contributed by atoms with van der Waals surface area (Å²) in [5.74, 6) is -5.70. The van der Waals surface area contributed by atoms with Gasteiger partial charge in [-0.2, -0.15) is 0 Å². The van der Waals surface area contributed by atoms with E-state index in [0.29, 0.717) is 0 Å². The van der Waals surface area contributed by atoms with Crippen molar-refractivity contribution in [2.45, 2.75) is 0 Å². The van der Waals surface area contributed by atoms with Crippen molar-refractivity contribution in [2.75, 3.05) is 65.7 Å². The number of carboxylic acids is 4. The molecule has 0 aromatic rings. The zero-order valence-electron chi connectivity index (χ0n) is 15.5. The van der Waals surface area contributed by atoms with Crippen LogP contribution in [0.25, 0.3) is 0 Å². The largest absolute Gasteiger partial charge is 2.00 e. The Morgan fingerprint density at radius 2 is 0.786 bits per heavy atom. The summed E-state index contributed by atoms with van der Waals surface area (Å²) >= 11 is 0. The Morgan fingerprint density at radius 3 is 1.00 bits per heavy atom. The van der Waals surface area contributed by atoms with Crippen molar-refractivity contribution in [3.05, 3.63) is 0 Å². The average molecular weight is 425 g/mol. The standard InChI is InChI=1S/C14H24N2O10.2Mg/c17-11(18)7-15(8-12(19)20)1-3-25-5-6-26-4-2-16(9-13(21)22)10-14(23)24;;/h1-10H2,(H,17,18)(H,19,20)(H,21,22)(H,23,24);;/q;2*+2/p-4. The van der Waals surface area contributed by atoms with E-state index < -0.39 is 50.1 Å². The number of carboxylic acid groups (broad SMARTS) is 4. The van der Waals surface area contributed by atoms with Crippen LogP contribution in [0.1, 0.15) is 0 Å². The summed E-state index contributed by atoms with van der Waals surface area (Å²) < 4.78 is 10.3. The fourth-order valence-corrected chi connectivity index (χ4v) is 1.87. The predicted molar refractivity (Wildman–Crippen MR) is 86.1 cm³/mol. The van der Waals surface area contributed by atoms with E-state index in [2.05, 4.69) is 0 Å². The molecular formula is C14H20Mg2N2O10. The zero-order valence-corrected chi connectivity index (χ0v) is 18.3. The minimum absolute atomic E-state index is 0. The molecule has 0 aliphatic rings. The van der Waals surface area contributed by atoms with E-state index in [0.717, 1.165) is 9.80 Å². The molecule has 0 radical (unpaired) electrons. The van der Waals surface area contributed by atoms with Gasteiger partial charge in [-0.05, 0) is 0 Å². The van der Waals surface area contributed by atoms with Crippen molar-refractivity contribution in [2.24, 2.45) is 0 Å². The number of nitrogens with zero attached hydrogens (tertiary/aromatic N) is 2. The molecule has 0 aliphatic heterocycles. The monoisotopic (exact) mass is 424 g/mol. The van der Waals surface area contributed by atoms with Gasteiger partial charge in [0.2, 0.25) is 0 Å². The van der Waals surface area contributed by atoms with E-state index in [4.69, 9.17) is 9.47 Å². The molecule has 12 nitrogen and oxygen atoms in total.